The van der Waals surface area contributed by atoms with Crippen molar-refractivity contribution in [3.8, 4) is 5.75 Å². The van der Waals surface area contributed by atoms with Crippen molar-refractivity contribution in [2.45, 2.75) is 30.8 Å². The van der Waals surface area contributed by atoms with E-state index in [0.29, 0.717) is 30.1 Å². The average molecular weight is 494 g/mol. The molecule has 1 fully saturated rings. The van der Waals surface area contributed by atoms with Gasteiger partial charge in [-0.05, 0) is 60.9 Å². The van der Waals surface area contributed by atoms with Crippen LogP contribution in [0.2, 0.25) is 0 Å². The number of para-hydroxylation sites is 1. The molecule has 2 amide bonds. The van der Waals surface area contributed by atoms with Crippen LogP contribution in [0.3, 0.4) is 0 Å². The molecule has 0 saturated carbocycles. The van der Waals surface area contributed by atoms with Crippen LogP contribution in [0.4, 0.5) is 5.69 Å². The van der Waals surface area contributed by atoms with E-state index in [1.54, 1.807) is 66.7 Å². The highest BCUT2D eigenvalue weighted by atomic mass is 32.2. The van der Waals surface area contributed by atoms with E-state index in [2.05, 4.69) is 5.32 Å². The number of nitrogens with two attached hydrogens (primary N) is 1. The molecule has 0 aromatic heterocycles. The Balaban J connectivity index is 1.45. The predicted octanol–water partition coefficient (Wildman–Crippen LogP) is 3.79. The molecule has 3 N–H and O–H groups in total. The number of amides is 2. The lowest BCUT2D eigenvalue weighted by molar-refractivity contribution is 0.0994. The third-order valence-corrected chi connectivity index (χ3v) is 7.68. The standard InChI is InChI=1S/C26H27N3O5S/c27-25(30)23-12-2-3-13-24(23)34-18-19-8-6-9-20(16-19)26(31)28-21-10-7-11-22(17-21)35(32,33)29-14-4-1-5-15-29/h2-3,6-13,16-17H,1,4-5,14-15,18H2,(H2,27,30)(H,28,31). The number of ether oxygens (including phenoxy) is 1. The van der Waals surface area contributed by atoms with Crippen molar-refractivity contribution in [2.24, 2.45) is 5.73 Å². The number of nitrogens with one attached hydrogen (secondary N) is 1. The van der Waals surface area contributed by atoms with Crippen molar-refractivity contribution in [3.63, 3.8) is 0 Å². The van der Waals surface area contributed by atoms with Gasteiger partial charge in [0.25, 0.3) is 11.8 Å². The van der Waals surface area contributed by atoms with Crippen LogP contribution in [-0.4, -0.2) is 37.6 Å². The van der Waals surface area contributed by atoms with E-state index in [9.17, 15) is 18.0 Å². The number of hydrogen-bond acceptors (Lipinski definition) is 5. The number of sulfonamides is 1. The summed E-state index contributed by atoms with van der Waals surface area (Å²) in [6.45, 7) is 1.16. The number of hydrogen-bond donors (Lipinski definition) is 2. The second-order valence-corrected chi connectivity index (χ2v) is 10.2. The smallest absolute Gasteiger partial charge is 0.255 e. The fourth-order valence-electron chi connectivity index (χ4n) is 3.95. The van der Waals surface area contributed by atoms with Gasteiger partial charge in [0.2, 0.25) is 10.0 Å². The summed E-state index contributed by atoms with van der Waals surface area (Å²) >= 11 is 0. The lowest BCUT2D eigenvalue weighted by Gasteiger charge is -2.26. The van der Waals surface area contributed by atoms with Crippen LogP contribution in [0.5, 0.6) is 5.75 Å². The fourth-order valence-corrected chi connectivity index (χ4v) is 5.51. The number of carbonyl (C=O) groups excluding carboxylic acids is 2. The predicted molar refractivity (Wildman–Crippen MR) is 133 cm³/mol. The van der Waals surface area contributed by atoms with Gasteiger partial charge < -0.3 is 15.8 Å². The molecule has 0 aliphatic carbocycles. The second kappa shape index (κ2) is 10.7. The molecule has 0 bridgehead atoms. The number of carbonyl (C=O) groups is 2. The first kappa shape index (κ1) is 24.4. The van der Waals surface area contributed by atoms with E-state index in [4.69, 9.17) is 10.5 Å². The Kier molecular flexibility index (Phi) is 7.48. The van der Waals surface area contributed by atoms with Crippen LogP contribution in [0.25, 0.3) is 0 Å². The van der Waals surface area contributed by atoms with Gasteiger partial charge in [-0.1, -0.05) is 36.8 Å². The van der Waals surface area contributed by atoms with E-state index < -0.39 is 15.9 Å². The SMILES string of the molecule is NC(=O)c1ccccc1OCc1cccc(C(=O)Nc2cccc(S(=O)(=O)N3CCCCC3)c2)c1. The third kappa shape index (κ3) is 5.87. The largest absolute Gasteiger partial charge is 0.488 e. The summed E-state index contributed by atoms with van der Waals surface area (Å²) in [5.74, 6) is -0.600. The molecule has 0 atom stereocenters. The molecule has 3 aromatic carbocycles. The topological polar surface area (TPSA) is 119 Å². The van der Waals surface area contributed by atoms with Gasteiger partial charge in [0, 0.05) is 24.3 Å². The Bertz CT molecular complexity index is 1330. The molecule has 35 heavy (non-hydrogen) atoms. The van der Waals surface area contributed by atoms with Crippen molar-refractivity contribution in [3.05, 3.63) is 89.5 Å². The van der Waals surface area contributed by atoms with Crippen molar-refractivity contribution < 1.29 is 22.7 Å². The van der Waals surface area contributed by atoms with Crippen molar-refractivity contribution >= 4 is 27.5 Å². The zero-order chi connectivity index (χ0) is 24.8. The number of piperidine rings is 1. The second-order valence-electron chi connectivity index (χ2n) is 8.30. The van der Waals surface area contributed by atoms with Gasteiger partial charge in [0.15, 0.2) is 0 Å². The zero-order valence-electron chi connectivity index (χ0n) is 19.1. The van der Waals surface area contributed by atoms with E-state index in [-0.39, 0.29) is 23.0 Å². The van der Waals surface area contributed by atoms with Crippen LogP contribution in [0.15, 0.2) is 77.7 Å². The Morgan fingerprint density at radius 2 is 1.66 bits per heavy atom. The summed E-state index contributed by atoms with van der Waals surface area (Å²) in [5, 5.41) is 2.77. The maximum atomic E-state index is 13.0. The minimum Gasteiger partial charge on any atom is -0.488 e. The number of primary amides is 1. The van der Waals surface area contributed by atoms with Crippen LogP contribution >= 0.6 is 0 Å². The zero-order valence-corrected chi connectivity index (χ0v) is 20.0. The Morgan fingerprint density at radius 1 is 0.914 bits per heavy atom. The molecule has 182 valence electrons. The van der Waals surface area contributed by atoms with Crippen LogP contribution in [0, 0.1) is 0 Å². The van der Waals surface area contributed by atoms with Gasteiger partial charge in [-0.25, -0.2) is 8.42 Å². The molecule has 9 heteroatoms. The van der Waals surface area contributed by atoms with Crippen LogP contribution in [0.1, 0.15) is 45.5 Å². The van der Waals surface area contributed by atoms with Gasteiger partial charge in [0.05, 0.1) is 10.5 Å². The summed E-state index contributed by atoms with van der Waals surface area (Å²) in [6, 6.07) is 19.8. The first-order valence-electron chi connectivity index (χ1n) is 11.4. The summed E-state index contributed by atoms with van der Waals surface area (Å²) < 4.78 is 33.2. The highest BCUT2D eigenvalue weighted by Crippen LogP contribution is 2.24. The van der Waals surface area contributed by atoms with Crippen molar-refractivity contribution in [1.29, 1.82) is 0 Å². The molecule has 0 radical (unpaired) electrons. The van der Waals surface area contributed by atoms with Gasteiger partial charge >= 0.3 is 0 Å². The monoisotopic (exact) mass is 493 g/mol. The van der Waals surface area contributed by atoms with Gasteiger partial charge in [-0.3, -0.25) is 9.59 Å². The van der Waals surface area contributed by atoms with Crippen molar-refractivity contribution in [2.75, 3.05) is 18.4 Å². The van der Waals surface area contributed by atoms with Crippen molar-refractivity contribution in [1.82, 2.24) is 4.31 Å². The third-order valence-electron chi connectivity index (χ3n) is 5.78. The molecule has 8 nitrogen and oxygen atoms in total. The summed E-state index contributed by atoms with van der Waals surface area (Å²) in [6.07, 6.45) is 2.73. The maximum absolute atomic E-state index is 13.0. The van der Waals surface area contributed by atoms with Gasteiger partial charge in [-0.2, -0.15) is 4.31 Å². The molecule has 0 unspecified atom stereocenters. The van der Waals surface area contributed by atoms with E-state index in [1.165, 1.54) is 10.4 Å². The highest BCUT2D eigenvalue weighted by molar-refractivity contribution is 7.89. The highest BCUT2D eigenvalue weighted by Gasteiger charge is 2.26. The van der Waals surface area contributed by atoms with Crippen LogP contribution < -0.4 is 15.8 Å². The molecule has 3 aromatic rings. The molecule has 1 aliphatic rings. The minimum absolute atomic E-state index is 0.134. The summed E-state index contributed by atoms with van der Waals surface area (Å²) in [5.41, 5.74) is 7.17. The maximum Gasteiger partial charge on any atom is 0.255 e. The molecule has 1 heterocycles. The fraction of sp³-hybridized carbons (Fsp3) is 0.231. The van der Waals surface area contributed by atoms with Gasteiger partial charge in [-0.15, -0.1) is 0 Å². The lowest BCUT2D eigenvalue weighted by atomic mass is 10.1. The first-order valence-corrected chi connectivity index (χ1v) is 12.8. The number of nitrogens with zero attached hydrogens (tertiary/aromatic N) is 1. The Hall–Kier alpha value is -3.69. The average Bonchev–Trinajstić information content (AvgIpc) is 2.88. The van der Waals surface area contributed by atoms with Crippen LogP contribution in [-0.2, 0) is 16.6 Å². The number of rotatable bonds is 8. The lowest BCUT2D eigenvalue weighted by Crippen LogP contribution is -2.35. The molecule has 1 aliphatic heterocycles. The number of anilines is 1. The Morgan fingerprint density at radius 3 is 2.43 bits per heavy atom. The molecular weight excluding hydrogens is 466 g/mol. The number of benzene rings is 3. The van der Waals surface area contributed by atoms with E-state index in [1.807, 2.05) is 0 Å². The molecule has 1 saturated heterocycles. The normalized spacial score (nSPS) is 14.3. The summed E-state index contributed by atoms with van der Waals surface area (Å²) in [7, 11) is -3.60. The first-order chi connectivity index (χ1) is 16.8. The van der Waals surface area contributed by atoms with E-state index >= 15 is 0 Å². The summed E-state index contributed by atoms with van der Waals surface area (Å²) in [4.78, 5) is 24.6. The quantitative estimate of drug-likeness (QED) is 0.495. The molecule has 0 spiro atoms. The molecular formula is C26H27N3O5S. The Labute approximate surface area is 204 Å². The molecule has 4 rings (SSSR count). The van der Waals surface area contributed by atoms with Gasteiger partial charge in [0.1, 0.15) is 12.4 Å². The minimum atomic E-state index is -3.60. The van der Waals surface area contributed by atoms with E-state index in [0.717, 1.165) is 24.8 Å².